The van der Waals surface area contributed by atoms with Crippen LogP contribution >= 0.6 is 0 Å². The minimum absolute atomic E-state index is 0.0720. The van der Waals surface area contributed by atoms with E-state index >= 15 is 0 Å². The van der Waals surface area contributed by atoms with Crippen molar-refractivity contribution in [2.24, 2.45) is 5.73 Å². The molecule has 1 aromatic heterocycles. The summed E-state index contributed by atoms with van der Waals surface area (Å²) in [4.78, 5) is 15.0. The van der Waals surface area contributed by atoms with E-state index < -0.39 is 5.91 Å². The Balaban J connectivity index is 2.38. The number of carbonyl (C=O) groups excluding carboxylic acids is 1. The molecule has 1 heterocycles. The van der Waals surface area contributed by atoms with Crippen LogP contribution in [-0.2, 0) is 11.2 Å². The molecule has 0 aliphatic rings. The molecule has 2 rings (SSSR count). The maximum atomic E-state index is 10.8. The molecule has 1 aromatic carbocycles. The number of nitrogens with zero attached hydrogens (tertiary/aromatic N) is 2. The Kier molecular flexibility index (Phi) is 4.19. The van der Waals surface area contributed by atoms with Crippen LogP contribution in [0.3, 0.4) is 0 Å². The van der Waals surface area contributed by atoms with E-state index in [1.165, 1.54) is 0 Å². The van der Waals surface area contributed by atoms with Crippen molar-refractivity contribution in [3.8, 4) is 23.0 Å². The minimum Gasteiger partial charge on any atom is -0.497 e. The number of primary amides is 1. The van der Waals surface area contributed by atoms with Gasteiger partial charge in [-0.05, 0) is 25.1 Å². The highest BCUT2D eigenvalue weighted by atomic mass is 16.5. The van der Waals surface area contributed by atoms with Crippen LogP contribution < -0.4 is 15.2 Å². The monoisotopic (exact) mass is 277 g/mol. The maximum Gasteiger partial charge on any atom is 0.261 e. The first-order valence-corrected chi connectivity index (χ1v) is 6.06. The van der Waals surface area contributed by atoms with Gasteiger partial charge in [0.1, 0.15) is 11.5 Å². The zero-order valence-electron chi connectivity index (χ0n) is 11.3. The Morgan fingerprint density at radius 1 is 1.45 bits per heavy atom. The number of hydrogen-bond donors (Lipinski definition) is 1. The van der Waals surface area contributed by atoms with Crippen LogP contribution in [0.1, 0.15) is 12.7 Å². The molecule has 0 saturated carbocycles. The molecule has 2 N–H and O–H groups in total. The van der Waals surface area contributed by atoms with E-state index in [-0.39, 0.29) is 18.1 Å². The SMILES string of the molecule is CCOc1ccc(OC)cc1-c1nc(CC(N)=O)no1. The molecule has 0 saturated heterocycles. The summed E-state index contributed by atoms with van der Waals surface area (Å²) in [5.74, 6) is 1.20. The van der Waals surface area contributed by atoms with Gasteiger partial charge >= 0.3 is 0 Å². The zero-order valence-corrected chi connectivity index (χ0v) is 11.3. The van der Waals surface area contributed by atoms with Gasteiger partial charge in [0.05, 0.1) is 25.7 Å². The summed E-state index contributed by atoms with van der Waals surface area (Å²) in [6.07, 6.45) is -0.0720. The Labute approximate surface area is 115 Å². The number of amides is 1. The smallest absolute Gasteiger partial charge is 0.261 e. The number of carbonyl (C=O) groups is 1. The van der Waals surface area contributed by atoms with E-state index in [1.807, 2.05) is 6.92 Å². The fourth-order valence-electron chi connectivity index (χ4n) is 1.68. The van der Waals surface area contributed by atoms with Gasteiger partial charge < -0.3 is 19.7 Å². The van der Waals surface area contributed by atoms with Crippen LogP contribution in [0.15, 0.2) is 22.7 Å². The van der Waals surface area contributed by atoms with Crippen molar-refractivity contribution < 1.29 is 18.8 Å². The first-order chi connectivity index (χ1) is 9.63. The highest BCUT2D eigenvalue weighted by Gasteiger charge is 2.16. The lowest BCUT2D eigenvalue weighted by Gasteiger charge is -2.08. The quantitative estimate of drug-likeness (QED) is 0.850. The highest BCUT2D eigenvalue weighted by Crippen LogP contribution is 2.32. The van der Waals surface area contributed by atoms with Gasteiger partial charge in [0, 0.05) is 0 Å². The third-order valence-corrected chi connectivity index (χ3v) is 2.52. The van der Waals surface area contributed by atoms with Gasteiger partial charge in [-0.1, -0.05) is 5.16 Å². The summed E-state index contributed by atoms with van der Waals surface area (Å²) in [6, 6.07) is 5.26. The predicted molar refractivity (Wildman–Crippen MR) is 70.4 cm³/mol. The molecule has 0 fully saturated rings. The lowest BCUT2D eigenvalue weighted by Crippen LogP contribution is -2.14. The molecular formula is C13H15N3O4. The molecule has 2 aromatic rings. The summed E-state index contributed by atoms with van der Waals surface area (Å²) in [5, 5.41) is 3.71. The Morgan fingerprint density at radius 3 is 2.90 bits per heavy atom. The fraction of sp³-hybridized carbons (Fsp3) is 0.308. The van der Waals surface area contributed by atoms with Crippen molar-refractivity contribution in [3.05, 3.63) is 24.0 Å². The van der Waals surface area contributed by atoms with Crippen LogP contribution in [0.25, 0.3) is 11.5 Å². The first-order valence-electron chi connectivity index (χ1n) is 6.06. The van der Waals surface area contributed by atoms with Crippen molar-refractivity contribution in [2.45, 2.75) is 13.3 Å². The van der Waals surface area contributed by atoms with Gasteiger partial charge in [-0.25, -0.2) is 0 Å². The van der Waals surface area contributed by atoms with Gasteiger partial charge in [0.15, 0.2) is 5.82 Å². The van der Waals surface area contributed by atoms with Gasteiger partial charge in [0.2, 0.25) is 5.91 Å². The van der Waals surface area contributed by atoms with Crippen LogP contribution in [0.4, 0.5) is 0 Å². The lowest BCUT2D eigenvalue weighted by molar-refractivity contribution is -0.117. The van der Waals surface area contributed by atoms with E-state index in [0.717, 1.165) is 0 Å². The van der Waals surface area contributed by atoms with Gasteiger partial charge in [-0.15, -0.1) is 0 Å². The minimum atomic E-state index is -0.520. The number of benzene rings is 1. The number of ether oxygens (including phenoxy) is 2. The van der Waals surface area contributed by atoms with E-state index in [0.29, 0.717) is 23.7 Å². The van der Waals surface area contributed by atoms with E-state index in [9.17, 15) is 4.79 Å². The van der Waals surface area contributed by atoms with Crippen molar-refractivity contribution in [3.63, 3.8) is 0 Å². The van der Waals surface area contributed by atoms with Gasteiger partial charge in [0.25, 0.3) is 5.89 Å². The Morgan fingerprint density at radius 2 is 2.25 bits per heavy atom. The molecule has 0 bridgehead atoms. The molecule has 0 radical (unpaired) electrons. The second kappa shape index (κ2) is 6.05. The summed E-state index contributed by atoms with van der Waals surface area (Å²) in [6.45, 7) is 2.38. The third-order valence-electron chi connectivity index (χ3n) is 2.52. The molecule has 7 heteroatoms. The van der Waals surface area contributed by atoms with Gasteiger partial charge in [-0.3, -0.25) is 4.79 Å². The normalized spacial score (nSPS) is 10.3. The largest absolute Gasteiger partial charge is 0.497 e. The van der Waals surface area contributed by atoms with Crippen LogP contribution in [0, 0.1) is 0 Å². The van der Waals surface area contributed by atoms with Crippen LogP contribution in [0.2, 0.25) is 0 Å². The average molecular weight is 277 g/mol. The van der Waals surface area contributed by atoms with Crippen LogP contribution in [-0.4, -0.2) is 29.8 Å². The molecule has 0 unspecified atom stereocenters. The third kappa shape index (κ3) is 3.05. The zero-order chi connectivity index (χ0) is 14.5. The molecule has 0 aliphatic heterocycles. The van der Waals surface area contributed by atoms with Crippen molar-refractivity contribution in [1.29, 1.82) is 0 Å². The number of nitrogens with two attached hydrogens (primary N) is 1. The number of aromatic nitrogens is 2. The molecular weight excluding hydrogens is 262 g/mol. The summed E-state index contributed by atoms with van der Waals surface area (Å²) in [7, 11) is 1.56. The molecule has 7 nitrogen and oxygen atoms in total. The highest BCUT2D eigenvalue weighted by molar-refractivity contribution is 5.75. The molecule has 0 aliphatic carbocycles. The van der Waals surface area contributed by atoms with E-state index in [1.54, 1.807) is 25.3 Å². The number of rotatable bonds is 6. The molecule has 106 valence electrons. The lowest BCUT2D eigenvalue weighted by atomic mass is 10.2. The van der Waals surface area contributed by atoms with Crippen LogP contribution in [0.5, 0.6) is 11.5 Å². The van der Waals surface area contributed by atoms with Gasteiger partial charge in [-0.2, -0.15) is 4.98 Å². The van der Waals surface area contributed by atoms with Crippen molar-refractivity contribution >= 4 is 5.91 Å². The topological polar surface area (TPSA) is 100 Å². The number of methoxy groups -OCH3 is 1. The molecule has 20 heavy (non-hydrogen) atoms. The molecule has 0 spiro atoms. The summed E-state index contributed by atoms with van der Waals surface area (Å²) >= 11 is 0. The summed E-state index contributed by atoms with van der Waals surface area (Å²) in [5.41, 5.74) is 5.70. The van der Waals surface area contributed by atoms with E-state index in [2.05, 4.69) is 10.1 Å². The maximum absolute atomic E-state index is 10.8. The standard InChI is InChI=1S/C13H15N3O4/c1-3-19-10-5-4-8(18-2)6-9(10)13-15-12(16-20-13)7-11(14)17/h4-6H,3,7H2,1-2H3,(H2,14,17). The second-order valence-electron chi connectivity index (χ2n) is 3.95. The Hall–Kier alpha value is -2.57. The number of hydrogen-bond acceptors (Lipinski definition) is 6. The van der Waals surface area contributed by atoms with Crippen molar-refractivity contribution in [1.82, 2.24) is 10.1 Å². The van der Waals surface area contributed by atoms with Crippen molar-refractivity contribution in [2.75, 3.05) is 13.7 Å². The average Bonchev–Trinajstić information content (AvgIpc) is 2.87. The first kappa shape index (κ1) is 13.9. The molecule has 0 atom stereocenters. The fourth-order valence-corrected chi connectivity index (χ4v) is 1.68. The predicted octanol–water partition coefficient (Wildman–Crippen LogP) is 1.17. The second-order valence-corrected chi connectivity index (χ2v) is 3.95. The van der Waals surface area contributed by atoms with E-state index in [4.69, 9.17) is 19.7 Å². The Bertz CT molecular complexity index is 609. The molecule has 1 amide bonds. The summed E-state index contributed by atoms with van der Waals surface area (Å²) < 4.78 is 15.8.